The van der Waals surface area contributed by atoms with E-state index in [9.17, 15) is 24.3 Å². The van der Waals surface area contributed by atoms with E-state index < -0.39 is 42.6 Å². The van der Waals surface area contributed by atoms with E-state index in [0.29, 0.717) is 5.56 Å². The van der Waals surface area contributed by atoms with Gasteiger partial charge in [-0.2, -0.15) is 11.8 Å². The summed E-state index contributed by atoms with van der Waals surface area (Å²) in [6.45, 7) is 0.973. The number of carbonyl (C=O) groups excluding carboxylic acids is 3. The van der Waals surface area contributed by atoms with Crippen molar-refractivity contribution in [2.24, 2.45) is 0 Å². The van der Waals surface area contributed by atoms with Gasteiger partial charge in [-0.25, -0.2) is 14.4 Å². The molecular weight excluding hydrogens is 420 g/mol. The summed E-state index contributed by atoms with van der Waals surface area (Å²) in [5.41, 5.74) is 0.718. The van der Waals surface area contributed by atoms with Crippen molar-refractivity contribution in [3.05, 3.63) is 22.8 Å². The monoisotopic (exact) mass is 442 g/mol. The van der Waals surface area contributed by atoms with Gasteiger partial charge in [-0.15, -0.1) is 0 Å². The number of hydrogen-bond acceptors (Lipinski definition) is 9. The van der Waals surface area contributed by atoms with Crippen molar-refractivity contribution in [2.75, 3.05) is 26.6 Å². The first-order chi connectivity index (χ1) is 14.2. The lowest BCUT2D eigenvalue weighted by molar-refractivity contribution is -0.144. The number of fused-ring (bicyclic) bond motifs is 1. The van der Waals surface area contributed by atoms with Gasteiger partial charge in [-0.05, 0) is 6.92 Å². The van der Waals surface area contributed by atoms with Gasteiger partial charge in [0.15, 0.2) is 0 Å². The van der Waals surface area contributed by atoms with Gasteiger partial charge in [0.2, 0.25) is 5.91 Å². The third-order valence-corrected chi connectivity index (χ3v) is 5.44. The number of nitrogens with one attached hydrogen (secondary N) is 2. The van der Waals surface area contributed by atoms with Crippen molar-refractivity contribution in [1.82, 2.24) is 10.6 Å². The number of phenolic OH excluding ortho intramolecular Hbond substituents is 1. The van der Waals surface area contributed by atoms with Crippen molar-refractivity contribution in [1.29, 1.82) is 0 Å². The highest BCUT2D eigenvalue weighted by molar-refractivity contribution is 7.98. The molecule has 30 heavy (non-hydrogen) atoms. The van der Waals surface area contributed by atoms with Crippen LogP contribution in [0.25, 0.3) is 0 Å². The maximum absolute atomic E-state index is 12.7. The molecule has 0 saturated heterocycles. The number of amides is 2. The average molecular weight is 442 g/mol. The molecule has 0 aromatic heterocycles. The molecule has 2 rings (SSSR count). The number of carboxylic acid groups (broad SMARTS) is 1. The Kier molecular flexibility index (Phi) is 7.75. The first-order valence-electron chi connectivity index (χ1n) is 8.71. The second kappa shape index (κ2) is 10.1. The van der Waals surface area contributed by atoms with Crippen molar-refractivity contribution in [3.8, 4) is 11.5 Å². The minimum atomic E-state index is -1.52. The smallest absolute Gasteiger partial charge is 0.405 e. The van der Waals surface area contributed by atoms with Gasteiger partial charge in [0.1, 0.15) is 30.2 Å². The predicted octanol–water partition coefficient (Wildman–Crippen LogP) is 0.407. The highest BCUT2D eigenvalue weighted by Crippen LogP contribution is 2.35. The Hall–Kier alpha value is -3.15. The van der Waals surface area contributed by atoms with E-state index in [4.69, 9.17) is 14.6 Å². The summed E-state index contributed by atoms with van der Waals surface area (Å²) in [6.07, 6.45) is -1.52. The van der Waals surface area contributed by atoms with E-state index in [-0.39, 0.29) is 34.1 Å². The van der Waals surface area contributed by atoms with Crippen LogP contribution >= 0.6 is 11.8 Å². The van der Waals surface area contributed by atoms with Gasteiger partial charge in [0.25, 0.3) is 0 Å². The zero-order chi connectivity index (χ0) is 22.4. The fourth-order valence-corrected chi connectivity index (χ4v) is 3.93. The minimum absolute atomic E-state index is 0.0454. The number of rotatable bonds is 3. The number of esters is 2. The number of benzene rings is 1. The van der Waals surface area contributed by atoms with E-state index in [1.807, 2.05) is 5.32 Å². The van der Waals surface area contributed by atoms with Gasteiger partial charge < -0.3 is 35.1 Å². The lowest BCUT2D eigenvalue weighted by atomic mass is 10.0. The topological polar surface area (TPSA) is 160 Å². The molecule has 0 spiro atoms. The van der Waals surface area contributed by atoms with E-state index in [2.05, 4.69) is 10.1 Å². The molecule has 1 aromatic rings. The molecule has 0 bridgehead atoms. The standard InChI is InChI=1S/C18H22N2O9S/c1-8-13(27-2)4-12(21)9-6-30-7-11(16(23)28-3)19-15(22)10(20-18(25)26)5-29-17(24)14(8)9/h4,10-11,20-21H,5-7H2,1-3H3,(H,19,22)(H,25,26)/t10-,11-/m0/s1. The Morgan fingerprint density at radius 2 is 2.03 bits per heavy atom. The van der Waals surface area contributed by atoms with Crippen LogP contribution in [0.4, 0.5) is 4.79 Å². The third kappa shape index (κ3) is 5.26. The summed E-state index contributed by atoms with van der Waals surface area (Å²) in [5, 5.41) is 23.7. The van der Waals surface area contributed by atoms with Crippen LogP contribution in [0, 0.1) is 6.92 Å². The molecule has 0 aliphatic carbocycles. The summed E-state index contributed by atoms with van der Waals surface area (Å²) < 4.78 is 15.0. The van der Waals surface area contributed by atoms with Crippen molar-refractivity contribution >= 4 is 35.7 Å². The molecule has 2 amide bonds. The molecule has 2 atom stereocenters. The molecule has 1 aliphatic rings. The number of thioether (sulfide) groups is 1. The van der Waals surface area contributed by atoms with E-state index in [1.165, 1.54) is 13.2 Å². The summed E-state index contributed by atoms with van der Waals surface area (Å²) in [6, 6.07) is -1.18. The van der Waals surface area contributed by atoms with Crippen molar-refractivity contribution in [2.45, 2.75) is 24.8 Å². The van der Waals surface area contributed by atoms with E-state index >= 15 is 0 Å². The normalized spacial score (nSPS) is 19.8. The highest BCUT2D eigenvalue weighted by atomic mass is 32.2. The minimum Gasteiger partial charge on any atom is -0.507 e. The average Bonchev–Trinajstić information content (AvgIpc) is 2.70. The van der Waals surface area contributed by atoms with Gasteiger partial charge >= 0.3 is 18.0 Å². The number of hydrogen-bond donors (Lipinski definition) is 4. The summed E-state index contributed by atoms with van der Waals surface area (Å²) in [7, 11) is 2.53. The fraction of sp³-hybridized carbons (Fsp3) is 0.444. The zero-order valence-corrected chi connectivity index (χ0v) is 17.3. The molecule has 0 unspecified atom stereocenters. The number of methoxy groups -OCH3 is 2. The van der Waals surface area contributed by atoms with Crippen LogP contribution in [-0.2, 0) is 24.8 Å². The van der Waals surface area contributed by atoms with Gasteiger partial charge in [0, 0.05) is 28.7 Å². The second-order valence-electron chi connectivity index (χ2n) is 6.28. The Balaban J connectivity index is 2.48. The van der Waals surface area contributed by atoms with Crippen LogP contribution in [0.2, 0.25) is 0 Å². The summed E-state index contributed by atoms with van der Waals surface area (Å²) in [5.74, 6) is -2.20. The maximum Gasteiger partial charge on any atom is 0.405 e. The van der Waals surface area contributed by atoms with Crippen molar-refractivity contribution in [3.63, 3.8) is 0 Å². The van der Waals surface area contributed by atoms with Crippen LogP contribution in [0.3, 0.4) is 0 Å². The van der Waals surface area contributed by atoms with Crippen LogP contribution in [-0.4, -0.2) is 72.8 Å². The molecule has 164 valence electrons. The van der Waals surface area contributed by atoms with E-state index in [1.54, 1.807) is 6.92 Å². The number of ether oxygens (including phenoxy) is 3. The molecule has 0 radical (unpaired) electrons. The molecule has 0 saturated carbocycles. The molecular formula is C18H22N2O9S. The zero-order valence-electron chi connectivity index (χ0n) is 16.5. The van der Waals surface area contributed by atoms with Gasteiger partial charge in [0.05, 0.1) is 19.8 Å². The van der Waals surface area contributed by atoms with Crippen LogP contribution in [0.5, 0.6) is 11.5 Å². The molecule has 1 aliphatic heterocycles. The SMILES string of the molecule is COC(=O)[C@@H]1CSCc2c(O)cc(OC)c(C)c2C(=O)OC[C@H](NC(=O)O)C(=O)N1. The Morgan fingerprint density at radius 1 is 1.33 bits per heavy atom. The Morgan fingerprint density at radius 3 is 2.63 bits per heavy atom. The lowest BCUT2D eigenvalue weighted by Crippen LogP contribution is -2.54. The van der Waals surface area contributed by atoms with Crippen molar-refractivity contribution < 1.29 is 43.6 Å². The Bertz CT molecular complexity index is 859. The largest absolute Gasteiger partial charge is 0.507 e. The second-order valence-corrected chi connectivity index (χ2v) is 7.31. The van der Waals surface area contributed by atoms with Crippen LogP contribution < -0.4 is 15.4 Å². The quantitative estimate of drug-likeness (QED) is 0.483. The van der Waals surface area contributed by atoms with E-state index in [0.717, 1.165) is 18.9 Å². The van der Waals surface area contributed by atoms with Crippen LogP contribution in [0.15, 0.2) is 6.07 Å². The number of cyclic esters (lactones) is 1. The Labute approximate surface area is 176 Å². The number of phenols is 1. The van der Waals surface area contributed by atoms with Crippen LogP contribution in [0.1, 0.15) is 21.5 Å². The van der Waals surface area contributed by atoms with Gasteiger partial charge in [-0.3, -0.25) is 4.79 Å². The first kappa shape index (κ1) is 23.1. The lowest BCUT2D eigenvalue weighted by Gasteiger charge is -2.23. The number of aromatic hydroxyl groups is 1. The molecule has 4 N–H and O–H groups in total. The first-order valence-corrected chi connectivity index (χ1v) is 9.87. The molecule has 11 nitrogen and oxygen atoms in total. The molecule has 12 heteroatoms. The fourth-order valence-electron chi connectivity index (χ4n) is 2.86. The molecule has 1 heterocycles. The predicted molar refractivity (Wildman–Crippen MR) is 105 cm³/mol. The maximum atomic E-state index is 12.7. The highest BCUT2D eigenvalue weighted by Gasteiger charge is 2.31. The third-order valence-electron chi connectivity index (χ3n) is 4.38. The molecule has 1 aromatic carbocycles. The molecule has 0 fully saturated rings. The summed E-state index contributed by atoms with van der Waals surface area (Å²) >= 11 is 1.16. The van der Waals surface area contributed by atoms with Gasteiger partial charge in [-0.1, -0.05) is 0 Å². The number of carbonyl (C=O) groups is 4. The summed E-state index contributed by atoms with van der Waals surface area (Å²) in [4.78, 5) is 48.3.